The largest absolute Gasteiger partial charge is 0.467 e. The van der Waals surface area contributed by atoms with E-state index in [1.54, 1.807) is 0 Å². The summed E-state index contributed by atoms with van der Waals surface area (Å²) in [6, 6.07) is 5.61. The van der Waals surface area contributed by atoms with Gasteiger partial charge in [0.1, 0.15) is 5.75 Å². The van der Waals surface area contributed by atoms with Crippen molar-refractivity contribution in [2.24, 2.45) is 0 Å². The van der Waals surface area contributed by atoms with Crippen LogP contribution in [0.1, 0.15) is 48.9 Å². The molecule has 96 valence electrons. The summed E-state index contributed by atoms with van der Waals surface area (Å²) in [5.41, 5.74) is 0.160. The quantitative estimate of drug-likeness (QED) is 0.795. The molecule has 0 unspecified atom stereocenters. The van der Waals surface area contributed by atoms with Crippen molar-refractivity contribution in [3.8, 4) is 5.75 Å². The highest BCUT2D eigenvalue weighted by Crippen LogP contribution is 2.36. The van der Waals surface area contributed by atoms with E-state index < -0.39 is 5.72 Å². The van der Waals surface area contributed by atoms with Gasteiger partial charge < -0.3 is 10.1 Å². The Morgan fingerprint density at radius 2 is 1.89 bits per heavy atom. The summed E-state index contributed by atoms with van der Waals surface area (Å²) in [5.74, 6) is 0.698. The van der Waals surface area contributed by atoms with E-state index >= 15 is 0 Å². The molecule has 1 aromatic rings. The van der Waals surface area contributed by atoms with E-state index in [4.69, 9.17) is 4.74 Å². The van der Waals surface area contributed by atoms with Crippen molar-refractivity contribution in [2.45, 2.75) is 44.2 Å². The molecule has 2 aliphatic rings. The van der Waals surface area contributed by atoms with Crippen molar-refractivity contribution < 1.29 is 9.53 Å². The maximum atomic E-state index is 12.2. The first-order valence-electron chi connectivity index (χ1n) is 6.50. The predicted molar refractivity (Wildman–Crippen MR) is 72.7 cm³/mol. The van der Waals surface area contributed by atoms with E-state index in [1.165, 1.54) is 12.8 Å². The first kappa shape index (κ1) is 12.0. The van der Waals surface area contributed by atoms with Crippen LogP contribution in [0.5, 0.6) is 5.75 Å². The fourth-order valence-corrected chi connectivity index (χ4v) is 3.17. The zero-order valence-corrected chi connectivity index (χ0v) is 11.8. The first-order valence-corrected chi connectivity index (χ1v) is 7.29. The summed E-state index contributed by atoms with van der Waals surface area (Å²) in [6.45, 7) is 0. The molecule has 3 rings (SSSR count). The lowest BCUT2D eigenvalue weighted by Crippen LogP contribution is -2.55. The van der Waals surface area contributed by atoms with Crippen LogP contribution in [-0.4, -0.2) is 11.6 Å². The Bertz CT molecular complexity index is 479. The van der Waals surface area contributed by atoms with Crippen molar-refractivity contribution >= 4 is 21.8 Å². The van der Waals surface area contributed by atoms with Crippen molar-refractivity contribution in [1.82, 2.24) is 5.32 Å². The molecule has 1 aliphatic carbocycles. The average molecular weight is 310 g/mol. The summed E-state index contributed by atoms with van der Waals surface area (Å²) in [6.07, 6.45) is 6.52. The Kier molecular flexibility index (Phi) is 3.06. The van der Waals surface area contributed by atoms with Crippen LogP contribution in [0.2, 0.25) is 0 Å². The molecule has 0 saturated heterocycles. The molecule has 0 atom stereocenters. The van der Waals surface area contributed by atoms with E-state index in [2.05, 4.69) is 21.2 Å². The summed E-state index contributed by atoms with van der Waals surface area (Å²) < 4.78 is 7.01. The molecule has 1 aliphatic heterocycles. The standard InChI is InChI=1S/C14H16BrNO2/c15-10-5-6-12-11(9-10)13(17)16-14(18-12)7-3-1-2-4-8-14/h5-6,9H,1-4,7-8H2,(H,16,17). The van der Waals surface area contributed by atoms with Crippen LogP contribution in [-0.2, 0) is 0 Å². The van der Waals surface area contributed by atoms with Gasteiger partial charge in [0, 0.05) is 17.3 Å². The second kappa shape index (κ2) is 4.57. The molecular weight excluding hydrogens is 294 g/mol. The van der Waals surface area contributed by atoms with Gasteiger partial charge in [0.25, 0.3) is 5.91 Å². The third-order valence-corrected chi connectivity index (χ3v) is 4.24. The van der Waals surface area contributed by atoms with Crippen LogP contribution in [0.25, 0.3) is 0 Å². The molecule has 1 aromatic carbocycles. The molecule has 1 N–H and O–H groups in total. The Morgan fingerprint density at radius 1 is 1.17 bits per heavy atom. The minimum atomic E-state index is -0.464. The van der Waals surface area contributed by atoms with Crippen molar-refractivity contribution in [3.05, 3.63) is 28.2 Å². The highest BCUT2D eigenvalue weighted by molar-refractivity contribution is 9.10. The summed E-state index contributed by atoms with van der Waals surface area (Å²) in [4.78, 5) is 12.2. The van der Waals surface area contributed by atoms with Crippen LogP contribution in [0, 0.1) is 0 Å². The van der Waals surface area contributed by atoms with Gasteiger partial charge in [-0.05, 0) is 31.0 Å². The number of hydrogen-bond acceptors (Lipinski definition) is 2. The molecule has 0 aromatic heterocycles. The van der Waals surface area contributed by atoms with Gasteiger partial charge in [-0.3, -0.25) is 4.79 Å². The lowest BCUT2D eigenvalue weighted by molar-refractivity contribution is 0.00727. The number of benzene rings is 1. The van der Waals surface area contributed by atoms with Crippen molar-refractivity contribution in [3.63, 3.8) is 0 Å². The van der Waals surface area contributed by atoms with Gasteiger partial charge in [-0.15, -0.1) is 0 Å². The van der Waals surface area contributed by atoms with Gasteiger partial charge in [-0.25, -0.2) is 0 Å². The molecule has 3 nitrogen and oxygen atoms in total. The summed E-state index contributed by atoms with van der Waals surface area (Å²) in [7, 11) is 0. The fourth-order valence-electron chi connectivity index (χ4n) is 2.81. The summed E-state index contributed by atoms with van der Waals surface area (Å²) in [5, 5.41) is 3.07. The van der Waals surface area contributed by atoms with Gasteiger partial charge in [0.15, 0.2) is 5.72 Å². The molecule has 1 spiro atoms. The number of carbonyl (C=O) groups excluding carboxylic acids is 1. The van der Waals surface area contributed by atoms with Crippen LogP contribution in [0.4, 0.5) is 0 Å². The lowest BCUT2D eigenvalue weighted by Gasteiger charge is -2.38. The molecule has 18 heavy (non-hydrogen) atoms. The second-order valence-corrected chi connectivity index (χ2v) is 6.02. The van der Waals surface area contributed by atoms with Gasteiger partial charge in [0.2, 0.25) is 0 Å². The molecule has 0 bridgehead atoms. The molecule has 1 amide bonds. The van der Waals surface area contributed by atoms with Crippen molar-refractivity contribution in [2.75, 3.05) is 0 Å². The van der Waals surface area contributed by atoms with Crippen LogP contribution in [0.15, 0.2) is 22.7 Å². The first-order chi connectivity index (χ1) is 8.69. The number of amides is 1. The monoisotopic (exact) mass is 309 g/mol. The Balaban J connectivity index is 1.95. The van der Waals surface area contributed by atoms with Gasteiger partial charge in [0.05, 0.1) is 5.56 Å². The van der Waals surface area contributed by atoms with Crippen LogP contribution < -0.4 is 10.1 Å². The van der Waals surface area contributed by atoms with E-state index in [-0.39, 0.29) is 5.91 Å². The molecule has 1 saturated carbocycles. The number of halogens is 1. The zero-order valence-electron chi connectivity index (χ0n) is 10.2. The van der Waals surface area contributed by atoms with Crippen molar-refractivity contribution in [1.29, 1.82) is 0 Å². The van der Waals surface area contributed by atoms with Gasteiger partial charge in [-0.2, -0.15) is 0 Å². The SMILES string of the molecule is O=C1NC2(CCCCCC2)Oc2ccc(Br)cc21. The van der Waals surface area contributed by atoms with E-state index in [9.17, 15) is 4.79 Å². The zero-order chi connectivity index (χ0) is 12.6. The number of nitrogens with one attached hydrogen (secondary N) is 1. The van der Waals surface area contributed by atoms with E-state index in [1.807, 2.05) is 18.2 Å². The van der Waals surface area contributed by atoms with E-state index in [0.29, 0.717) is 11.3 Å². The molecule has 1 heterocycles. The smallest absolute Gasteiger partial charge is 0.258 e. The number of carbonyl (C=O) groups is 1. The molecule has 0 radical (unpaired) electrons. The Hall–Kier alpha value is -1.03. The average Bonchev–Trinajstić information content (AvgIpc) is 2.56. The Labute approximate surface area is 115 Å². The predicted octanol–water partition coefficient (Wildman–Crippen LogP) is 3.62. The minimum absolute atomic E-state index is 0.0144. The number of fused-ring (bicyclic) bond motifs is 1. The van der Waals surface area contributed by atoms with Crippen LogP contribution in [0.3, 0.4) is 0 Å². The third-order valence-electron chi connectivity index (χ3n) is 3.74. The topological polar surface area (TPSA) is 38.3 Å². The number of ether oxygens (including phenoxy) is 1. The Morgan fingerprint density at radius 3 is 2.61 bits per heavy atom. The summed E-state index contributed by atoms with van der Waals surface area (Å²) >= 11 is 3.38. The van der Waals surface area contributed by atoms with E-state index in [0.717, 1.165) is 30.2 Å². The molecular formula is C14H16BrNO2. The van der Waals surface area contributed by atoms with Gasteiger partial charge >= 0.3 is 0 Å². The maximum absolute atomic E-state index is 12.2. The van der Waals surface area contributed by atoms with Crippen LogP contribution >= 0.6 is 15.9 Å². The highest BCUT2D eigenvalue weighted by atomic mass is 79.9. The lowest BCUT2D eigenvalue weighted by atomic mass is 10.0. The minimum Gasteiger partial charge on any atom is -0.467 e. The number of rotatable bonds is 0. The molecule has 1 fully saturated rings. The second-order valence-electron chi connectivity index (χ2n) is 5.11. The number of hydrogen-bond donors (Lipinski definition) is 1. The maximum Gasteiger partial charge on any atom is 0.258 e. The highest BCUT2D eigenvalue weighted by Gasteiger charge is 2.39. The third kappa shape index (κ3) is 2.14. The molecule has 4 heteroatoms. The fraction of sp³-hybridized carbons (Fsp3) is 0.500. The normalized spacial score (nSPS) is 21.7. The van der Waals surface area contributed by atoms with Gasteiger partial charge in [-0.1, -0.05) is 28.8 Å².